The van der Waals surface area contributed by atoms with E-state index in [-0.39, 0.29) is 18.3 Å². The maximum absolute atomic E-state index is 6.12. The Balaban J connectivity index is 5.21. The lowest BCUT2D eigenvalue weighted by Crippen LogP contribution is -2.63. The lowest BCUT2D eigenvalue weighted by atomic mass is 10.5. The molecule has 0 saturated carbocycles. The van der Waals surface area contributed by atoms with Crippen molar-refractivity contribution in [1.29, 1.82) is 0 Å². The summed E-state index contributed by atoms with van der Waals surface area (Å²) in [5.41, 5.74) is 0. The summed E-state index contributed by atoms with van der Waals surface area (Å²) in [4.78, 5) is 0. The van der Waals surface area contributed by atoms with Crippen LogP contribution >= 0.6 is 0 Å². The van der Waals surface area contributed by atoms with Gasteiger partial charge in [0.15, 0.2) is 0 Å². The highest BCUT2D eigenvalue weighted by molar-refractivity contribution is 6.57. The molecule has 0 atom stereocenters. The number of rotatable bonds is 9. The summed E-state index contributed by atoms with van der Waals surface area (Å²) in [6.07, 6.45) is 0.277. The fourth-order valence-corrected chi connectivity index (χ4v) is 4.99. The number of hydrogen-bond acceptors (Lipinski definition) is 4. The molecule has 0 aromatic carbocycles. The topological polar surface area (TPSA) is 30.9 Å². The maximum atomic E-state index is 6.12. The summed E-state index contributed by atoms with van der Waals surface area (Å²) < 4.78 is 20.6. The molecule has 0 aliphatic rings. The van der Waals surface area contributed by atoms with Gasteiger partial charge in [-0.1, -0.05) is 13.8 Å². The summed E-state index contributed by atoms with van der Waals surface area (Å²) in [6.45, 7) is 18.1. The minimum Gasteiger partial charge on any atom is -0.358 e. The van der Waals surface area contributed by atoms with E-state index in [0.717, 1.165) is 13.1 Å². The Morgan fingerprint density at radius 3 is 1.17 bits per heavy atom. The van der Waals surface area contributed by atoms with Gasteiger partial charge in [-0.25, -0.2) is 0 Å². The van der Waals surface area contributed by atoms with Crippen molar-refractivity contribution in [3.8, 4) is 0 Å². The zero-order valence-electron chi connectivity index (χ0n) is 13.3. The quantitative estimate of drug-likeness (QED) is 0.606. The standard InChI is InChI=1S/C13H31NO3Si/c1-9-14(10-2)18(15-11(3)4,16-12(5)6)17-13(7)8/h11-13H,9-10H2,1-8H3. The molecule has 0 spiro atoms. The Morgan fingerprint density at radius 2 is 1.00 bits per heavy atom. The molecule has 0 fully saturated rings. The number of nitrogens with zero attached hydrogens (tertiary/aromatic N) is 1. The van der Waals surface area contributed by atoms with Gasteiger partial charge in [0, 0.05) is 18.3 Å². The van der Waals surface area contributed by atoms with E-state index in [9.17, 15) is 0 Å². The Morgan fingerprint density at radius 1 is 0.722 bits per heavy atom. The van der Waals surface area contributed by atoms with Crippen LogP contribution in [-0.2, 0) is 13.3 Å². The first-order valence-electron chi connectivity index (χ1n) is 7.05. The van der Waals surface area contributed by atoms with Gasteiger partial charge in [-0.2, -0.15) is 0 Å². The molecule has 0 saturated heterocycles. The molecule has 0 aliphatic heterocycles. The third kappa shape index (κ3) is 5.80. The number of hydrogen-bond donors (Lipinski definition) is 0. The first-order valence-corrected chi connectivity index (χ1v) is 8.73. The van der Waals surface area contributed by atoms with Gasteiger partial charge in [-0.15, -0.1) is 0 Å². The SMILES string of the molecule is CCN(CC)[Si](OC(C)C)(OC(C)C)OC(C)C. The highest BCUT2D eigenvalue weighted by Crippen LogP contribution is 2.21. The Hall–Kier alpha value is 0.0569. The first-order chi connectivity index (χ1) is 8.27. The summed E-state index contributed by atoms with van der Waals surface area (Å²) in [7, 11) is -2.78. The van der Waals surface area contributed by atoms with Gasteiger partial charge in [-0.3, -0.25) is 4.57 Å². The fourth-order valence-electron chi connectivity index (χ4n) is 1.81. The van der Waals surface area contributed by atoms with Crippen LogP contribution in [0.25, 0.3) is 0 Å². The second-order valence-electron chi connectivity index (χ2n) is 5.20. The predicted octanol–water partition coefficient (Wildman–Crippen LogP) is 3.04. The minimum absolute atomic E-state index is 0.0924. The summed E-state index contributed by atoms with van der Waals surface area (Å²) in [6, 6.07) is 0. The molecule has 110 valence electrons. The van der Waals surface area contributed by atoms with Crippen LogP contribution in [0.5, 0.6) is 0 Å². The van der Waals surface area contributed by atoms with Crippen molar-refractivity contribution < 1.29 is 13.3 Å². The molecule has 18 heavy (non-hydrogen) atoms. The van der Waals surface area contributed by atoms with Crippen LogP contribution < -0.4 is 0 Å². The molecule has 0 rings (SSSR count). The molecule has 0 unspecified atom stereocenters. The van der Waals surface area contributed by atoms with Crippen molar-refractivity contribution in [3.63, 3.8) is 0 Å². The van der Waals surface area contributed by atoms with Gasteiger partial charge < -0.3 is 13.3 Å². The zero-order valence-corrected chi connectivity index (χ0v) is 14.3. The van der Waals surface area contributed by atoms with Crippen molar-refractivity contribution >= 4 is 8.97 Å². The van der Waals surface area contributed by atoms with Gasteiger partial charge in [0.25, 0.3) is 0 Å². The highest BCUT2D eigenvalue weighted by atomic mass is 28.4. The summed E-state index contributed by atoms with van der Waals surface area (Å²) >= 11 is 0. The molecule has 5 heteroatoms. The zero-order chi connectivity index (χ0) is 14.3. The van der Waals surface area contributed by atoms with Crippen LogP contribution in [0.3, 0.4) is 0 Å². The molecule has 0 aromatic heterocycles. The van der Waals surface area contributed by atoms with Crippen LogP contribution in [0.15, 0.2) is 0 Å². The van der Waals surface area contributed by atoms with Gasteiger partial charge >= 0.3 is 8.97 Å². The Bertz CT molecular complexity index is 192. The van der Waals surface area contributed by atoms with Gasteiger partial charge in [0.1, 0.15) is 0 Å². The van der Waals surface area contributed by atoms with Gasteiger partial charge in [-0.05, 0) is 54.6 Å². The lowest BCUT2D eigenvalue weighted by molar-refractivity contribution is -0.0374. The second-order valence-corrected chi connectivity index (χ2v) is 7.58. The predicted molar refractivity (Wildman–Crippen MR) is 77.3 cm³/mol. The molecule has 4 nitrogen and oxygen atoms in total. The van der Waals surface area contributed by atoms with Crippen LogP contribution in [-0.4, -0.2) is 44.9 Å². The van der Waals surface area contributed by atoms with E-state index in [1.54, 1.807) is 0 Å². The van der Waals surface area contributed by atoms with Crippen molar-refractivity contribution in [1.82, 2.24) is 4.57 Å². The van der Waals surface area contributed by atoms with Crippen molar-refractivity contribution in [3.05, 3.63) is 0 Å². The first kappa shape index (κ1) is 18.1. The molecular formula is C13H31NO3Si. The average molecular weight is 277 g/mol. The van der Waals surface area contributed by atoms with Crippen molar-refractivity contribution in [2.45, 2.75) is 73.7 Å². The highest BCUT2D eigenvalue weighted by Gasteiger charge is 2.50. The van der Waals surface area contributed by atoms with E-state index in [1.807, 2.05) is 41.5 Å². The van der Waals surface area contributed by atoms with E-state index in [4.69, 9.17) is 13.3 Å². The average Bonchev–Trinajstić information content (AvgIpc) is 2.15. The Kier molecular flexibility index (Phi) is 8.30. The van der Waals surface area contributed by atoms with E-state index < -0.39 is 8.97 Å². The van der Waals surface area contributed by atoms with Crippen LogP contribution in [0, 0.1) is 0 Å². The normalized spacial score (nSPS) is 13.3. The largest absolute Gasteiger partial charge is 0.600 e. The lowest BCUT2D eigenvalue weighted by Gasteiger charge is -2.40. The molecule has 0 radical (unpaired) electrons. The molecule has 0 aliphatic carbocycles. The van der Waals surface area contributed by atoms with E-state index >= 15 is 0 Å². The van der Waals surface area contributed by atoms with Crippen LogP contribution in [0.4, 0.5) is 0 Å². The molecule has 0 N–H and O–H groups in total. The Labute approximate surface area is 114 Å². The molecular weight excluding hydrogens is 246 g/mol. The van der Waals surface area contributed by atoms with Gasteiger partial charge in [0.05, 0.1) is 0 Å². The summed E-state index contributed by atoms with van der Waals surface area (Å²) in [5.74, 6) is 0. The summed E-state index contributed by atoms with van der Waals surface area (Å²) in [5, 5.41) is 0. The van der Waals surface area contributed by atoms with Gasteiger partial charge in [0.2, 0.25) is 0 Å². The maximum Gasteiger partial charge on any atom is 0.600 e. The smallest absolute Gasteiger partial charge is 0.358 e. The van der Waals surface area contributed by atoms with Crippen LogP contribution in [0.2, 0.25) is 0 Å². The van der Waals surface area contributed by atoms with Crippen molar-refractivity contribution in [2.24, 2.45) is 0 Å². The molecule has 0 heterocycles. The molecule has 0 aromatic rings. The third-order valence-corrected chi connectivity index (χ3v) is 6.02. The second kappa shape index (κ2) is 8.27. The molecule has 0 bridgehead atoms. The van der Waals surface area contributed by atoms with Crippen LogP contribution in [0.1, 0.15) is 55.4 Å². The molecule has 0 amide bonds. The third-order valence-electron chi connectivity index (χ3n) is 2.30. The van der Waals surface area contributed by atoms with E-state index in [2.05, 4.69) is 18.4 Å². The van der Waals surface area contributed by atoms with E-state index in [0.29, 0.717) is 0 Å². The fraction of sp³-hybridized carbons (Fsp3) is 1.00. The monoisotopic (exact) mass is 277 g/mol. The van der Waals surface area contributed by atoms with E-state index in [1.165, 1.54) is 0 Å². The minimum atomic E-state index is -2.78. The van der Waals surface area contributed by atoms with Crippen molar-refractivity contribution in [2.75, 3.05) is 13.1 Å².